The number of ether oxygens (including phenoxy) is 3. The highest BCUT2D eigenvalue weighted by Crippen LogP contribution is 2.39. The second-order valence-electron chi connectivity index (χ2n) is 17.6. The van der Waals surface area contributed by atoms with Crippen molar-refractivity contribution in [3.63, 3.8) is 0 Å². The van der Waals surface area contributed by atoms with Crippen LogP contribution in [0.1, 0.15) is 184 Å². The molecule has 298 valence electrons. The third-order valence-electron chi connectivity index (χ3n) is 11.4. The van der Waals surface area contributed by atoms with E-state index in [1.165, 1.54) is 7.11 Å². The van der Waals surface area contributed by atoms with Crippen molar-refractivity contribution in [3.8, 4) is 0 Å². The average molecular weight is 725 g/mol. The third kappa shape index (κ3) is 18.4. The summed E-state index contributed by atoms with van der Waals surface area (Å²) in [5.41, 5.74) is 0.138. The van der Waals surface area contributed by atoms with Crippen LogP contribution < -0.4 is 0 Å². The van der Waals surface area contributed by atoms with Crippen molar-refractivity contribution in [2.75, 3.05) is 21.2 Å². The van der Waals surface area contributed by atoms with Gasteiger partial charge in [0.05, 0.1) is 7.11 Å². The molecule has 2 saturated heterocycles. The monoisotopic (exact) mass is 725 g/mol. The van der Waals surface area contributed by atoms with Crippen molar-refractivity contribution in [2.24, 2.45) is 0 Å². The number of carboxylic acids is 1. The van der Waals surface area contributed by atoms with Crippen molar-refractivity contribution in [2.45, 2.75) is 218 Å². The number of carbonyl (C=O) groups is 4. The normalized spacial score (nSPS) is 20.1. The van der Waals surface area contributed by atoms with Crippen LogP contribution in [0.2, 0.25) is 0 Å². The van der Waals surface area contributed by atoms with Crippen molar-refractivity contribution in [3.05, 3.63) is 0 Å². The Labute approximate surface area is 311 Å². The number of unbranched alkanes of at least 4 members (excludes halogenated alkanes) is 10. The summed E-state index contributed by atoms with van der Waals surface area (Å²) in [6, 6.07) is 0. The summed E-state index contributed by atoms with van der Waals surface area (Å²) < 4.78 is 16.2. The van der Waals surface area contributed by atoms with Crippen LogP contribution in [0.4, 0.5) is 0 Å². The number of piperidine rings is 2. The molecule has 0 spiro atoms. The van der Waals surface area contributed by atoms with Gasteiger partial charge in [-0.05, 0) is 95.2 Å². The minimum absolute atomic E-state index is 0.00437. The minimum atomic E-state index is -0.719. The Kier molecular flexibility index (Phi) is 20.3. The van der Waals surface area contributed by atoms with E-state index in [1.807, 2.05) is 0 Å². The van der Waals surface area contributed by atoms with Crippen LogP contribution in [-0.4, -0.2) is 94.4 Å². The van der Waals surface area contributed by atoms with Gasteiger partial charge in [0, 0.05) is 73.5 Å². The highest BCUT2D eigenvalue weighted by atomic mass is 16.5. The molecular weight excluding hydrogens is 648 g/mol. The Morgan fingerprint density at radius 1 is 0.490 bits per heavy atom. The van der Waals surface area contributed by atoms with Crippen molar-refractivity contribution in [1.29, 1.82) is 0 Å². The lowest BCUT2D eigenvalue weighted by molar-refractivity contribution is -0.160. The summed E-state index contributed by atoms with van der Waals surface area (Å²) in [5, 5.41) is 8.58. The SMILES string of the molecule is CN1C(C)(C)CC(OC(=O)CCCCCCCCC(=O)O)CC1(C)C.COC(=O)CCCCCCCCC(=O)OC1CC(C)(C)N(C)C(C)(C)C1. The zero-order valence-electron chi connectivity index (χ0n) is 34.5. The van der Waals surface area contributed by atoms with Gasteiger partial charge in [0.1, 0.15) is 12.2 Å². The van der Waals surface area contributed by atoms with E-state index >= 15 is 0 Å². The maximum atomic E-state index is 12.2. The highest BCUT2D eigenvalue weighted by molar-refractivity contribution is 5.70. The van der Waals surface area contributed by atoms with Gasteiger partial charge in [0.2, 0.25) is 0 Å². The van der Waals surface area contributed by atoms with E-state index in [2.05, 4.69) is 84.0 Å². The van der Waals surface area contributed by atoms with Crippen molar-refractivity contribution >= 4 is 23.9 Å². The van der Waals surface area contributed by atoms with Crippen LogP contribution in [0.5, 0.6) is 0 Å². The Hall–Kier alpha value is -2.20. The fourth-order valence-electron chi connectivity index (χ4n) is 7.82. The van der Waals surface area contributed by atoms with Gasteiger partial charge in [-0.15, -0.1) is 0 Å². The summed E-state index contributed by atoms with van der Waals surface area (Å²) in [4.78, 5) is 50.5. The molecule has 10 nitrogen and oxygen atoms in total. The van der Waals surface area contributed by atoms with Gasteiger partial charge >= 0.3 is 23.9 Å². The van der Waals surface area contributed by atoms with Gasteiger partial charge in [-0.1, -0.05) is 51.4 Å². The quantitative estimate of drug-likeness (QED) is 0.0740. The number of hydrogen-bond donors (Lipinski definition) is 1. The maximum absolute atomic E-state index is 12.2. The fraction of sp³-hybridized carbons (Fsp3) is 0.902. The van der Waals surface area contributed by atoms with Crippen LogP contribution in [0.15, 0.2) is 0 Å². The van der Waals surface area contributed by atoms with E-state index in [0.29, 0.717) is 19.3 Å². The Balaban J connectivity index is 0.000000510. The second kappa shape index (κ2) is 22.1. The van der Waals surface area contributed by atoms with Gasteiger partial charge in [0.15, 0.2) is 0 Å². The van der Waals surface area contributed by atoms with Crippen molar-refractivity contribution < 1.29 is 38.5 Å². The second-order valence-corrected chi connectivity index (χ2v) is 17.6. The number of carboxylic acid groups (broad SMARTS) is 1. The number of nitrogens with zero attached hydrogens (tertiary/aromatic N) is 2. The van der Waals surface area contributed by atoms with E-state index in [9.17, 15) is 19.2 Å². The lowest BCUT2D eigenvalue weighted by Crippen LogP contribution is -2.60. The molecule has 0 amide bonds. The van der Waals surface area contributed by atoms with E-state index < -0.39 is 5.97 Å². The molecule has 0 aliphatic carbocycles. The molecule has 0 unspecified atom stereocenters. The fourth-order valence-corrected chi connectivity index (χ4v) is 7.82. The van der Waals surface area contributed by atoms with Gasteiger partial charge in [-0.2, -0.15) is 0 Å². The molecule has 0 aromatic heterocycles. The van der Waals surface area contributed by atoms with E-state index in [1.54, 1.807) is 0 Å². The van der Waals surface area contributed by atoms with E-state index in [0.717, 1.165) is 103 Å². The third-order valence-corrected chi connectivity index (χ3v) is 11.4. The number of methoxy groups -OCH3 is 1. The molecule has 51 heavy (non-hydrogen) atoms. The molecule has 10 heteroatoms. The Morgan fingerprint density at radius 2 is 0.745 bits per heavy atom. The molecule has 2 rings (SSSR count). The van der Waals surface area contributed by atoms with Gasteiger partial charge in [0.25, 0.3) is 0 Å². The number of carbonyl (C=O) groups excluding carboxylic acids is 3. The molecule has 1 N–H and O–H groups in total. The molecule has 2 aliphatic heterocycles. The Bertz CT molecular complexity index is 1030. The van der Waals surface area contributed by atoms with Crippen LogP contribution in [0.3, 0.4) is 0 Å². The average Bonchev–Trinajstić information content (AvgIpc) is 3.00. The van der Waals surface area contributed by atoms with Crippen molar-refractivity contribution in [1.82, 2.24) is 9.80 Å². The molecule has 0 saturated carbocycles. The summed E-state index contributed by atoms with van der Waals surface area (Å²) in [6.07, 6.45) is 17.0. The van der Waals surface area contributed by atoms with Gasteiger partial charge in [-0.3, -0.25) is 29.0 Å². The number of likely N-dealkylation sites (tertiary alicyclic amines) is 2. The molecule has 0 aromatic rings. The predicted molar refractivity (Wildman–Crippen MR) is 204 cm³/mol. The van der Waals surface area contributed by atoms with Crippen LogP contribution in [0.25, 0.3) is 0 Å². The number of aliphatic carboxylic acids is 1. The number of hydrogen-bond acceptors (Lipinski definition) is 9. The predicted octanol–water partition coefficient (Wildman–Crippen LogP) is 8.86. The molecule has 0 bridgehead atoms. The largest absolute Gasteiger partial charge is 0.481 e. The first-order valence-electron chi connectivity index (χ1n) is 19.8. The molecule has 0 radical (unpaired) electrons. The van der Waals surface area contributed by atoms with E-state index in [-0.39, 0.29) is 58.7 Å². The minimum Gasteiger partial charge on any atom is -0.481 e. The number of esters is 3. The summed E-state index contributed by atoms with van der Waals surface area (Å²) in [6.45, 7) is 17.7. The Morgan fingerprint density at radius 3 is 1.02 bits per heavy atom. The zero-order chi connectivity index (χ0) is 38.9. The van der Waals surface area contributed by atoms with Gasteiger partial charge in [-0.25, -0.2) is 0 Å². The lowest BCUT2D eigenvalue weighted by Gasteiger charge is -2.53. The first-order chi connectivity index (χ1) is 23.6. The topological polar surface area (TPSA) is 123 Å². The first kappa shape index (κ1) is 46.8. The molecule has 0 atom stereocenters. The number of rotatable bonds is 20. The summed E-state index contributed by atoms with van der Waals surface area (Å²) in [7, 11) is 5.73. The first-order valence-corrected chi connectivity index (χ1v) is 19.8. The molecule has 2 heterocycles. The molecule has 2 fully saturated rings. The molecule has 2 aliphatic rings. The van der Waals surface area contributed by atoms with Gasteiger partial charge < -0.3 is 19.3 Å². The zero-order valence-corrected chi connectivity index (χ0v) is 34.5. The molecular formula is C41H76N2O8. The van der Waals surface area contributed by atoms with E-state index in [4.69, 9.17) is 14.6 Å². The van der Waals surface area contributed by atoms with Crippen LogP contribution >= 0.6 is 0 Å². The maximum Gasteiger partial charge on any atom is 0.306 e. The summed E-state index contributed by atoms with van der Waals surface area (Å²) in [5.74, 6) is -0.986. The molecule has 0 aromatic carbocycles. The highest BCUT2D eigenvalue weighted by Gasteiger charge is 2.45. The standard InChI is InChI=1S/C21H39NO4.C20H37NO4/c1-20(2)15-17(16-21(3,4)22(20)5)26-19(24)14-12-10-8-7-9-11-13-18(23)25-6;1-19(2)14-16(15-20(3,4)21(19)5)25-18(24)13-11-9-7-6-8-10-12-17(22)23/h17H,7-16H2,1-6H3;16H,6-15H2,1-5H3,(H,22,23). The summed E-state index contributed by atoms with van der Waals surface area (Å²) >= 11 is 0. The van der Waals surface area contributed by atoms with Crippen LogP contribution in [-0.2, 0) is 33.4 Å². The lowest BCUT2D eigenvalue weighted by atomic mass is 9.78. The van der Waals surface area contributed by atoms with Crippen LogP contribution in [0, 0.1) is 0 Å². The smallest absolute Gasteiger partial charge is 0.306 e.